The lowest BCUT2D eigenvalue weighted by Crippen LogP contribution is -2.40. The van der Waals surface area contributed by atoms with Gasteiger partial charge in [0.1, 0.15) is 17.8 Å². The molecule has 0 saturated heterocycles. The predicted octanol–water partition coefficient (Wildman–Crippen LogP) is 0.533. The molecule has 3 N–H and O–H groups in total. The summed E-state index contributed by atoms with van der Waals surface area (Å²) in [5, 5.41) is 13.6. The topological polar surface area (TPSA) is 147 Å². The van der Waals surface area contributed by atoms with Gasteiger partial charge in [-0.25, -0.2) is 4.98 Å². The molecule has 1 aromatic carbocycles. The second-order valence-electron chi connectivity index (χ2n) is 7.16. The number of benzene rings is 1. The van der Waals surface area contributed by atoms with E-state index in [1.165, 1.54) is 4.57 Å². The van der Waals surface area contributed by atoms with Gasteiger partial charge in [0.25, 0.3) is 11.5 Å². The van der Waals surface area contributed by atoms with Crippen LogP contribution in [-0.4, -0.2) is 44.8 Å². The summed E-state index contributed by atoms with van der Waals surface area (Å²) in [6.45, 7) is 0.423. The zero-order valence-electron chi connectivity index (χ0n) is 16.7. The fourth-order valence-electron chi connectivity index (χ4n) is 3.35. The van der Waals surface area contributed by atoms with Gasteiger partial charge >= 0.3 is 5.97 Å². The normalized spacial score (nSPS) is 13.2. The molecular weight excluding hydrogens is 404 g/mol. The van der Waals surface area contributed by atoms with Gasteiger partial charge in [0.15, 0.2) is 5.69 Å². The number of fused-ring (bicyclic) bond motifs is 1. The van der Waals surface area contributed by atoms with E-state index >= 15 is 0 Å². The van der Waals surface area contributed by atoms with Crippen LogP contribution in [0.25, 0.3) is 0 Å². The van der Waals surface area contributed by atoms with Gasteiger partial charge in [0, 0.05) is 19.4 Å². The summed E-state index contributed by atoms with van der Waals surface area (Å²) in [5.74, 6) is -2.23. The number of aromatic nitrogens is 2. The van der Waals surface area contributed by atoms with Crippen LogP contribution in [0.3, 0.4) is 0 Å². The smallest absolute Gasteiger partial charge is 0.305 e. The molecule has 1 aromatic heterocycles. The van der Waals surface area contributed by atoms with Gasteiger partial charge in [0.2, 0.25) is 5.91 Å². The fourth-order valence-corrected chi connectivity index (χ4v) is 3.35. The average molecular weight is 426 g/mol. The number of carbonyl (C=O) groups is 4. The molecule has 0 bridgehead atoms. The van der Waals surface area contributed by atoms with E-state index in [-0.39, 0.29) is 17.8 Å². The van der Waals surface area contributed by atoms with Crippen molar-refractivity contribution in [3.05, 3.63) is 57.8 Å². The highest BCUT2D eigenvalue weighted by molar-refractivity contribution is 6.03. The molecule has 2 amide bonds. The molecule has 10 heteroatoms. The van der Waals surface area contributed by atoms with Crippen LogP contribution in [0.1, 0.15) is 41.1 Å². The Kier molecular flexibility index (Phi) is 6.91. The van der Waals surface area contributed by atoms with Crippen LogP contribution in [0.15, 0.2) is 35.1 Å². The first-order valence-corrected chi connectivity index (χ1v) is 9.84. The van der Waals surface area contributed by atoms with E-state index in [2.05, 4.69) is 15.6 Å². The van der Waals surface area contributed by atoms with Gasteiger partial charge in [-0.1, -0.05) is 30.3 Å². The molecule has 162 valence electrons. The molecule has 2 heterocycles. The minimum Gasteiger partial charge on any atom is -0.481 e. The number of nitrogens with zero attached hydrogens (tertiary/aromatic N) is 2. The lowest BCUT2D eigenvalue weighted by molar-refractivity contribution is -0.138. The molecule has 1 aliphatic rings. The summed E-state index contributed by atoms with van der Waals surface area (Å²) >= 11 is 0. The number of anilines is 1. The summed E-state index contributed by atoms with van der Waals surface area (Å²) < 4.78 is 1.40. The molecule has 0 radical (unpaired) electrons. The van der Waals surface area contributed by atoms with E-state index in [1.807, 2.05) is 30.3 Å². The quantitative estimate of drug-likeness (QED) is 0.496. The number of aliphatic carboxylic acids is 1. The third-order valence-corrected chi connectivity index (χ3v) is 4.87. The van der Waals surface area contributed by atoms with E-state index in [0.717, 1.165) is 5.56 Å². The van der Waals surface area contributed by atoms with Gasteiger partial charge in [-0.2, -0.15) is 0 Å². The van der Waals surface area contributed by atoms with Crippen molar-refractivity contribution in [2.24, 2.45) is 0 Å². The fraction of sp³-hybridized carbons (Fsp3) is 0.333. The van der Waals surface area contributed by atoms with Crippen LogP contribution < -0.4 is 16.2 Å². The summed E-state index contributed by atoms with van der Waals surface area (Å²) in [7, 11) is 0. The summed E-state index contributed by atoms with van der Waals surface area (Å²) in [6, 6.07) is 8.03. The molecule has 2 aromatic rings. The number of carbonyl (C=O) groups excluding carboxylic acids is 3. The zero-order valence-corrected chi connectivity index (χ0v) is 16.7. The third kappa shape index (κ3) is 5.41. The zero-order chi connectivity index (χ0) is 22.4. The van der Waals surface area contributed by atoms with Crippen molar-refractivity contribution in [2.45, 2.75) is 44.7 Å². The van der Waals surface area contributed by atoms with Crippen LogP contribution in [0, 0.1) is 0 Å². The Morgan fingerprint density at radius 1 is 1.23 bits per heavy atom. The monoisotopic (exact) mass is 426 g/mol. The first-order valence-electron chi connectivity index (χ1n) is 9.84. The first-order chi connectivity index (χ1) is 14.9. The molecule has 0 saturated carbocycles. The SMILES string of the molecule is O=C[C@H](CC(=O)O)NC(=O)c1nc2n(c(=O)c1NC(=O)CCc1ccccc1)CCC2. The van der Waals surface area contributed by atoms with Crippen molar-refractivity contribution in [1.29, 1.82) is 0 Å². The molecule has 0 spiro atoms. The summed E-state index contributed by atoms with van der Waals surface area (Å²) in [6.07, 6.45) is 1.37. The minimum absolute atomic E-state index is 0.0856. The number of rotatable bonds is 9. The third-order valence-electron chi connectivity index (χ3n) is 4.87. The van der Waals surface area contributed by atoms with Crippen molar-refractivity contribution in [2.75, 3.05) is 5.32 Å². The van der Waals surface area contributed by atoms with Crippen LogP contribution in [0.5, 0.6) is 0 Å². The number of aryl methyl sites for hydroxylation is 2. The van der Waals surface area contributed by atoms with Crippen molar-refractivity contribution in [3.63, 3.8) is 0 Å². The highest BCUT2D eigenvalue weighted by Crippen LogP contribution is 2.16. The summed E-state index contributed by atoms with van der Waals surface area (Å²) in [4.78, 5) is 64.3. The predicted molar refractivity (Wildman–Crippen MR) is 110 cm³/mol. The maximum absolute atomic E-state index is 12.9. The Balaban J connectivity index is 1.83. The lowest BCUT2D eigenvalue weighted by Gasteiger charge is -2.15. The molecule has 1 atom stereocenters. The Morgan fingerprint density at radius 2 is 1.97 bits per heavy atom. The lowest BCUT2D eigenvalue weighted by atomic mass is 10.1. The number of aldehydes is 1. The van der Waals surface area contributed by atoms with Crippen LogP contribution in [0.2, 0.25) is 0 Å². The van der Waals surface area contributed by atoms with Crippen LogP contribution >= 0.6 is 0 Å². The van der Waals surface area contributed by atoms with Crippen molar-refractivity contribution in [3.8, 4) is 0 Å². The van der Waals surface area contributed by atoms with Gasteiger partial charge in [-0.3, -0.25) is 23.7 Å². The van der Waals surface area contributed by atoms with Gasteiger partial charge in [-0.05, 0) is 18.4 Å². The first kappa shape index (κ1) is 21.9. The molecule has 10 nitrogen and oxygen atoms in total. The Hall–Kier alpha value is -3.82. The van der Waals surface area contributed by atoms with Gasteiger partial charge in [0.05, 0.1) is 12.5 Å². The number of amides is 2. The van der Waals surface area contributed by atoms with Crippen LogP contribution in [0.4, 0.5) is 5.69 Å². The number of hydrogen-bond donors (Lipinski definition) is 3. The second kappa shape index (κ2) is 9.79. The Labute approximate surface area is 177 Å². The van der Waals surface area contributed by atoms with E-state index in [9.17, 15) is 24.0 Å². The number of hydrogen-bond acceptors (Lipinski definition) is 6. The molecular formula is C21H22N4O6. The molecule has 0 aliphatic carbocycles. The maximum Gasteiger partial charge on any atom is 0.305 e. The van der Waals surface area contributed by atoms with Crippen molar-refractivity contribution < 1.29 is 24.3 Å². The van der Waals surface area contributed by atoms with Gasteiger partial charge < -0.3 is 20.5 Å². The number of carboxylic acids is 1. The van der Waals surface area contributed by atoms with Crippen molar-refractivity contribution >= 4 is 29.8 Å². The van der Waals surface area contributed by atoms with E-state index < -0.39 is 35.8 Å². The van der Waals surface area contributed by atoms with E-state index in [0.29, 0.717) is 37.9 Å². The highest BCUT2D eigenvalue weighted by atomic mass is 16.4. The van der Waals surface area contributed by atoms with E-state index in [4.69, 9.17) is 5.11 Å². The number of carboxylic acid groups (broad SMARTS) is 1. The molecule has 1 aliphatic heterocycles. The standard InChI is InChI=1S/C21H22N4O6/c26-12-14(11-17(28)29)22-20(30)18-19(21(31)25-10-4-7-15(25)23-18)24-16(27)9-8-13-5-2-1-3-6-13/h1-3,5-6,12,14H,4,7-11H2,(H,22,30)(H,24,27)(H,28,29)/t14-/m0/s1. The maximum atomic E-state index is 12.9. The average Bonchev–Trinajstić information content (AvgIpc) is 3.23. The Bertz CT molecular complexity index is 1060. The minimum atomic E-state index is -1.29. The number of nitrogens with one attached hydrogen (secondary N) is 2. The van der Waals surface area contributed by atoms with Crippen molar-refractivity contribution in [1.82, 2.24) is 14.9 Å². The highest BCUT2D eigenvalue weighted by Gasteiger charge is 2.27. The molecule has 0 fully saturated rings. The van der Waals surface area contributed by atoms with Gasteiger partial charge in [-0.15, -0.1) is 0 Å². The molecule has 31 heavy (non-hydrogen) atoms. The Morgan fingerprint density at radius 3 is 2.65 bits per heavy atom. The summed E-state index contributed by atoms with van der Waals surface area (Å²) in [5.41, 5.74) is -0.215. The largest absolute Gasteiger partial charge is 0.481 e. The second-order valence-corrected chi connectivity index (χ2v) is 7.16. The van der Waals surface area contributed by atoms with Crippen LogP contribution in [-0.2, 0) is 33.8 Å². The molecule has 3 rings (SSSR count). The van der Waals surface area contributed by atoms with E-state index in [1.54, 1.807) is 0 Å². The molecule has 0 unspecified atom stereocenters.